The molecule has 0 unspecified atom stereocenters. The van der Waals surface area contributed by atoms with Crippen LogP contribution in [0.4, 0.5) is 0 Å². The van der Waals surface area contributed by atoms with Gasteiger partial charge in [-0.2, -0.15) is 10.5 Å². The van der Waals surface area contributed by atoms with Crippen LogP contribution >= 0.6 is 0 Å². The van der Waals surface area contributed by atoms with Crippen molar-refractivity contribution in [2.45, 2.75) is 58.9 Å². The Labute approximate surface area is 138 Å². The van der Waals surface area contributed by atoms with E-state index in [9.17, 15) is 10.5 Å². The first-order valence-corrected chi connectivity index (χ1v) is 18.3. The van der Waals surface area contributed by atoms with Gasteiger partial charge < -0.3 is 0 Å². The molecule has 0 saturated heterocycles. The Kier molecular flexibility index (Phi) is 4.99. The normalized spacial score (nSPS) is 12.7. The van der Waals surface area contributed by atoms with Gasteiger partial charge in [0.2, 0.25) is 0 Å². The highest BCUT2D eigenvalue weighted by Crippen LogP contribution is 2.15. The van der Waals surface area contributed by atoms with Crippen LogP contribution in [0.25, 0.3) is 0 Å². The minimum absolute atomic E-state index is 0.817. The fourth-order valence-corrected chi connectivity index (χ4v) is 8.14. The summed E-state index contributed by atoms with van der Waals surface area (Å²) in [6, 6.07) is 7.15. The zero-order chi connectivity index (χ0) is 17.5. The number of hydrogen-bond acceptors (Lipinski definition) is 2. The van der Waals surface area contributed by atoms with Crippen molar-refractivity contribution < 1.29 is 0 Å². The predicted molar refractivity (Wildman–Crippen MR) is 105 cm³/mol. The summed E-state index contributed by atoms with van der Waals surface area (Å²) in [6.45, 7) is 20.5. The second kappa shape index (κ2) is 5.81. The standard InChI is InChI=1S/C17H28N2Si3/c1-20(2,3)15-10-16(21(4,5)6)14(12-19)17(13(15)11-18)22(7,8)9/h10H,1-9H3. The quantitative estimate of drug-likeness (QED) is 0.791. The van der Waals surface area contributed by atoms with Gasteiger partial charge in [0.15, 0.2) is 0 Å². The Morgan fingerprint density at radius 2 is 0.955 bits per heavy atom. The summed E-state index contributed by atoms with van der Waals surface area (Å²) in [6.07, 6.45) is 0. The monoisotopic (exact) mass is 344 g/mol. The van der Waals surface area contributed by atoms with Gasteiger partial charge in [-0.3, -0.25) is 0 Å². The summed E-state index contributed by atoms with van der Waals surface area (Å²) < 4.78 is 0. The smallest absolute Gasteiger partial charge is 0.0989 e. The SMILES string of the molecule is C[Si](C)(C)c1cc([Si](C)(C)C)c(C#N)c([Si](C)(C)C)c1C#N. The van der Waals surface area contributed by atoms with E-state index in [-0.39, 0.29) is 0 Å². The molecule has 118 valence electrons. The second-order valence-corrected chi connectivity index (χ2v) is 24.1. The van der Waals surface area contributed by atoms with Crippen molar-refractivity contribution in [3.8, 4) is 12.1 Å². The summed E-state index contributed by atoms with van der Waals surface area (Å²) in [4.78, 5) is 0. The molecule has 0 N–H and O–H groups in total. The van der Waals surface area contributed by atoms with Crippen molar-refractivity contribution in [1.82, 2.24) is 0 Å². The maximum Gasteiger partial charge on any atom is 0.0989 e. The first-order chi connectivity index (χ1) is 9.75. The van der Waals surface area contributed by atoms with E-state index in [0.29, 0.717) is 0 Å². The number of rotatable bonds is 3. The van der Waals surface area contributed by atoms with E-state index in [1.165, 1.54) is 10.4 Å². The van der Waals surface area contributed by atoms with Gasteiger partial charge in [0, 0.05) is 0 Å². The minimum atomic E-state index is -1.79. The Morgan fingerprint density at radius 1 is 0.636 bits per heavy atom. The van der Waals surface area contributed by atoms with Gasteiger partial charge in [-0.05, 0) is 15.6 Å². The van der Waals surface area contributed by atoms with E-state index >= 15 is 0 Å². The lowest BCUT2D eigenvalue weighted by Crippen LogP contribution is -2.56. The van der Waals surface area contributed by atoms with Crippen molar-refractivity contribution in [2.75, 3.05) is 0 Å². The molecule has 1 aromatic rings. The van der Waals surface area contributed by atoms with Crippen LogP contribution in [-0.4, -0.2) is 24.2 Å². The highest BCUT2D eigenvalue weighted by molar-refractivity contribution is 6.95. The van der Waals surface area contributed by atoms with Crippen molar-refractivity contribution in [1.29, 1.82) is 10.5 Å². The Hall–Kier alpha value is -1.15. The van der Waals surface area contributed by atoms with Crippen molar-refractivity contribution in [2.24, 2.45) is 0 Å². The minimum Gasteiger partial charge on any atom is -0.192 e. The molecule has 1 rings (SSSR count). The molecule has 22 heavy (non-hydrogen) atoms. The van der Waals surface area contributed by atoms with Crippen LogP contribution in [0.15, 0.2) is 6.07 Å². The third kappa shape index (κ3) is 3.60. The number of hydrogen-bond donors (Lipinski definition) is 0. The van der Waals surface area contributed by atoms with Gasteiger partial charge in [-0.15, -0.1) is 0 Å². The third-order valence-corrected chi connectivity index (χ3v) is 9.94. The molecule has 0 heterocycles. The fraction of sp³-hybridized carbons (Fsp3) is 0.529. The van der Waals surface area contributed by atoms with Crippen molar-refractivity contribution in [3.63, 3.8) is 0 Å². The average molecular weight is 345 g/mol. The van der Waals surface area contributed by atoms with Crippen LogP contribution in [0.1, 0.15) is 11.1 Å². The van der Waals surface area contributed by atoms with Crippen molar-refractivity contribution in [3.05, 3.63) is 17.2 Å². The van der Waals surface area contributed by atoms with Crippen LogP contribution < -0.4 is 15.6 Å². The van der Waals surface area contributed by atoms with E-state index < -0.39 is 24.2 Å². The van der Waals surface area contributed by atoms with Gasteiger partial charge >= 0.3 is 0 Å². The molecule has 0 aromatic heterocycles. The Balaban J connectivity index is 4.13. The van der Waals surface area contributed by atoms with Crippen LogP contribution in [-0.2, 0) is 0 Å². The van der Waals surface area contributed by atoms with Crippen LogP contribution in [0.3, 0.4) is 0 Å². The zero-order valence-corrected chi connectivity index (χ0v) is 18.5. The maximum atomic E-state index is 9.84. The molecule has 0 aliphatic rings. The largest absolute Gasteiger partial charge is 0.192 e. The molecule has 0 aliphatic carbocycles. The molecule has 0 amide bonds. The molecule has 0 radical (unpaired) electrons. The summed E-state index contributed by atoms with van der Waals surface area (Å²) in [5, 5.41) is 23.2. The summed E-state index contributed by atoms with van der Waals surface area (Å²) in [5.74, 6) is 0. The van der Waals surface area contributed by atoms with Crippen LogP contribution in [0.2, 0.25) is 58.9 Å². The van der Waals surface area contributed by atoms with E-state index in [2.05, 4.69) is 77.1 Å². The highest BCUT2D eigenvalue weighted by Gasteiger charge is 2.34. The molecular weight excluding hydrogens is 316 g/mol. The van der Waals surface area contributed by atoms with E-state index in [1.807, 2.05) is 0 Å². The fourth-order valence-electron chi connectivity index (χ4n) is 2.85. The molecule has 0 spiro atoms. The number of nitriles is 2. The first kappa shape index (κ1) is 18.9. The summed E-state index contributed by atoms with van der Waals surface area (Å²) in [7, 11) is -5.07. The molecule has 0 saturated carbocycles. The summed E-state index contributed by atoms with van der Waals surface area (Å²) >= 11 is 0. The maximum absolute atomic E-state index is 9.84. The average Bonchev–Trinajstić information content (AvgIpc) is 2.32. The molecule has 0 aliphatic heterocycles. The van der Waals surface area contributed by atoms with Crippen LogP contribution in [0, 0.1) is 22.7 Å². The molecule has 5 heteroatoms. The molecule has 0 bridgehead atoms. The second-order valence-electron chi connectivity index (χ2n) is 9.07. The molecular formula is C17H28N2Si3. The molecule has 1 aromatic carbocycles. The molecule has 0 atom stereocenters. The molecule has 2 nitrogen and oxygen atoms in total. The lowest BCUT2D eigenvalue weighted by atomic mass is 10.1. The first-order valence-electron chi connectivity index (χ1n) is 7.77. The van der Waals surface area contributed by atoms with Crippen molar-refractivity contribution >= 4 is 39.8 Å². The predicted octanol–water partition coefficient (Wildman–Crippen LogP) is 3.07. The van der Waals surface area contributed by atoms with Crippen LogP contribution in [0.5, 0.6) is 0 Å². The lowest BCUT2D eigenvalue weighted by Gasteiger charge is -2.31. The van der Waals surface area contributed by atoms with Gasteiger partial charge in [0.1, 0.15) is 0 Å². The van der Waals surface area contributed by atoms with E-state index in [4.69, 9.17) is 0 Å². The zero-order valence-electron chi connectivity index (χ0n) is 15.5. The summed E-state index contributed by atoms with van der Waals surface area (Å²) in [5.41, 5.74) is 1.63. The van der Waals surface area contributed by atoms with Gasteiger partial charge in [-0.1, -0.05) is 65.0 Å². The third-order valence-electron chi connectivity index (χ3n) is 3.92. The van der Waals surface area contributed by atoms with Gasteiger partial charge in [-0.25, -0.2) is 0 Å². The van der Waals surface area contributed by atoms with E-state index in [1.54, 1.807) is 0 Å². The van der Waals surface area contributed by atoms with E-state index in [0.717, 1.165) is 16.3 Å². The lowest BCUT2D eigenvalue weighted by molar-refractivity contribution is 1.47. The Bertz CT molecular complexity index is 623. The van der Waals surface area contributed by atoms with Gasteiger partial charge in [0.05, 0.1) is 47.5 Å². The molecule has 0 fully saturated rings. The Morgan fingerprint density at radius 3 is 1.14 bits per heavy atom. The highest BCUT2D eigenvalue weighted by atomic mass is 28.3. The topological polar surface area (TPSA) is 47.6 Å². The number of benzene rings is 1. The van der Waals surface area contributed by atoms with Gasteiger partial charge in [0.25, 0.3) is 0 Å². The number of nitrogens with zero attached hydrogens (tertiary/aromatic N) is 2.